The Labute approximate surface area is 144 Å². The smallest absolute Gasteiger partial charge is 0.242 e. The Bertz CT molecular complexity index is 746. The highest BCUT2D eigenvalue weighted by Gasteiger charge is 2.50. The molecule has 0 radical (unpaired) electrons. The van der Waals surface area contributed by atoms with Crippen LogP contribution in [0.5, 0.6) is 0 Å². The van der Waals surface area contributed by atoms with Gasteiger partial charge in [-0.15, -0.1) is 0 Å². The molecule has 2 atom stereocenters. The van der Waals surface area contributed by atoms with Crippen molar-refractivity contribution in [3.8, 4) is 0 Å². The van der Waals surface area contributed by atoms with Crippen molar-refractivity contribution in [2.45, 2.75) is 50.0 Å². The van der Waals surface area contributed by atoms with Crippen molar-refractivity contribution < 1.29 is 13.2 Å². The van der Waals surface area contributed by atoms with Gasteiger partial charge in [0.1, 0.15) is 0 Å². The zero-order valence-electron chi connectivity index (χ0n) is 14.7. The molecule has 132 valence electrons. The fourth-order valence-electron chi connectivity index (χ4n) is 4.47. The van der Waals surface area contributed by atoms with Gasteiger partial charge in [-0.3, -0.25) is 4.79 Å². The molecule has 1 saturated carbocycles. The van der Waals surface area contributed by atoms with Gasteiger partial charge in [-0.2, -0.15) is 0 Å². The van der Waals surface area contributed by atoms with Crippen LogP contribution in [0.4, 0.5) is 0 Å². The van der Waals surface area contributed by atoms with Gasteiger partial charge in [0.05, 0.1) is 4.90 Å². The molecule has 0 bridgehead atoms. The molecule has 1 heterocycles. The first-order chi connectivity index (χ1) is 11.3. The summed E-state index contributed by atoms with van der Waals surface area (Å²) in [6, 6.07) is 7.20. The van der Waals surface area contributed by atoms with E-state index in [2.05, 4.69) is 0 Å². The number of hydrogen-bond acceptors (Lipinski definition) is 3. The molecule has 1 amide bonds. The zero-order valence-corrected chi connectivity index (χ0v) is 15.5. The van der Waals surface area contributed by atoms with Gasteiger partial charge in [0.2, 0.25) is 15.9 Å². The number of amides is 1. The number of benzene rings is 1. The molecular weight excluding hydrogens is 324 g/mol. The van der Waals surface area contributed by atoms with E-state index in [1.165, 1.54) is 4.31 Å². The lowest BCUT2D eigenvalue weighted by Crippen LogP contribution is -2.54. The summed E-state index contributed by atoms with van der Waals surface area (Å²) in [4.78, 5) is 14.2. The summed E-state index contributed by atoms with van der Waals surface area (Å²) in [6.07, 6.45) is 4.32. The standard InChI is InChI=1S/C18H26N2O3S/c1-14-6-4-7-15(12-14)24(22,23)19(2)13-18-10-5-8-16(18)20(3)17(21)9-11-18/h4,6-7,12,16H,5,8-11,13H2,1-3H3/t16-,18+/m1/s1. The van der Waals surface area contributed by atoms with Crippen LogP contribution in [0, 0.1) is 12.3 Å². The number of hydrogen-bond donors (Lipinski definition) is 0. The fraction of sp³-hybridized carbons (Fsp3) is 0.611. The highest BCUT2D eigenvalue weighted by Crippen LogP contribution is 2.48. The number of nitrogens with zero attached hydrogens (tertiary/aromatic N) is 2. The minimum absolute atomic E-state index is 0.103. The van der Waals surface area contributed by atoms with E-state index in [-0.39, 0.29) is 17.4 Å². The zero-order chi connectivity index (χ0) is 17.5. The molecule has 0 unspecified atom stereocenters. The van der Waals surface area contributed by atoms with Crippen LogP contribution in [0.15, 0.2) is 29.2 Å². The Morgan fingerprint density at radius 3 is 2.79 bits per heavy atom. The largest absolute Gasteiger partial charge is 0.342 e. The monoisotopic (exact) mass is 350 g/mol. The van der Waals surface area contributed by atoms with E-state index in [0.717, 1.165) is 31.2 Å². The predicted octanol–water partition coefficient (Wildman–Crippen LogP) is 2.41. The quantitative estimate of drug-likeness (QED) is 0.838. The Morgan fingerprint density at radius 1 is 1.33 bits per heavy atom. The molecule has 5 nitrogen and oxygen atoms in total. The topological polar surface area (TPSA) is 57.7 Å². The molecule has 1 aliphatic heterocycles. The second kappa shape index (κ2) is 6.15. The maximum atomic E-state index is 12.9. The van der Waals surface area contributed by atoms with Crippen molar-refractivity contribution in [1.82, 2.24) is 9.21 Å². The molecule has 1 saturated heterocycles. The van der Waals surface area contributed by atoms with Crippen LogP contribution in [-0.4, -0.2) is 50.2 Å². The van der Waals surface area contributed by atoms with Crippen molar-refractivity contribution in [2.75, 3.05) is 20.6 Å². The highest BCUT2D eigenvalue weighted by molar-refractivity contribution is 7.89. The summed E-state index contributed by atoms with van der Waals surface area (Å²) < 4.78 is 27.4. The van der Waals surface area contributed by atoms with Crippen LogP contribution in [0.1, 0.15) is 37.7 Å². The van der Waals surface area contributed by atoms with Gasteiger partial charge in [-0.1, -0.05) is 18.6 Å². The lowest BCUT2D eigenvalue weighted by Gasteiger charge is -2.46. The number of fused-ring (bicyclic) bond motifs is 1. The molecule has 2 aliphatic rings. The van der Waals surface area contributed by atoms with Crippen molar-refractivity contribution in [1.29, 1.82) is 0 Å². The van der Waals surface area contributed by atoms with Gasteiger partial charge < -0.3 is 4.90 Å². The lowest BCUT2D eigenvalue weighted by molar-refractivity contribution is -0.139. The molecule has 3 rings (SSSR count). The van der Waals surface area contributed by atoms with Crippen LogP contribution in [0.2, 0.25) is 0 Å². The summed E-state index contributed by atoms with van der Waals surface area (Å²) >= 11 is 0. The number of carbonyl (C=O) groups excluding carboxylic acids is 1. The van der Waals surface area contributed by atoms with Crippen LogP contribution >= 0.6 is 0 Å². The van der Waals surface area contributed by atoms with E-state index in [1.54, 1.807) is 25.2 Å². The van der Waals surface area contributed by atoms with E-state index in [9.17, 15) is 13.2 Å². The van der Waals surface area contributed by atoms with E-state index >= 15 is 0 Å². The molecule has 0 spiro atoms. The summed E-state index contributed by atoms with van der Waals surface area (Å²) in [5.41, 5.74) is 0.832. The van der Waals surface area contributed by atoms with Crippen molar-refractivity contribution in [2.24, 2.45) is 5.41 Å². The molecule has 2 fully saturated rings. The third-order valence-electron chi connectivity index (χ3n) is 5.79. The number of piperidine rings is 1. The van der Waals surface area contributed by atoms with E-state index < -0.39 is 10.0 Å². The van der Waals surface area contributed by atoms with Crippen LogP contribution in [0.25, 0.3) is 0 Å². The number of rotatable bonds is 4. The summed E-state index contributed by atoms with van der Waals surface area (Å²) in [7, 11) is 0.0214. The van der Waals surface area contributed by atoms with Gasteiger partial charge in [0.15, 0.2) is 0 Å². The van der Waals surface area contributed by atoms with E-state index in [0.29, 0.717) is 17.9 Å². The fourth-order valence-corrected chi connectivity index (χ4v) is 5.84. The van der Waals surface area contributed by atoms with Gasteiger partial charge in [-0.25, -0.2) is 12.7 Å². The summed E-state index contributed by atoms with van der Waals surface area (Å²) in [5, 5.41) is 0. The van der Waals surface area contributed by atoms with Crippen LogP contribution < -0.4 is 0 Å². The molecule has 0 N–H and O–H groups in total. The Kier molecular flexibility index (Phi) is 4.47. The number of aryl methyl sites for hydroxylation is 1. The van der Waals surface area contributed by atoms with Gasteiger partial charge in [0.25, 0.3) is 0 Å². The average Bonchev–Trinajstić information content (AvgIpc) is 2.95. The first kappa shape index (κ1) is 17.4. The number of likely N-dealkylation sites (tertiary alicyclic amines) is 1. The molecule has 6 heteroatoms. The maximum absolute atomic E-state index is 12.9. The van der Waals surface area contributed by atoms with Gasteiger partial charge in [0, 0.05) is 38.5 Å². The predicted molar refractivity (Wildman–Crippen MR) is 93.1 cm³/mol. The summed E-state index contributed by atoms with van der Waals surface area (Å²) in [6.45, 7) is 2.37. The molecule has 1 aromatic rings. The van der Waals surface area contributed by atoms with E-state index in [1.807, 2.05) is 24.9 Å². The highest BCUT2D eigenvalue weighted by atomic mass is 32.2. The average molecular weight is 350 g/mol. The van der Waals surface area contributed by atoms with Crippen molar-refractivity contribution in [3.05, 3.63) is 29.8 Å². The molecule has 1 aromatic carbocycles. The normalized spacial score (nSPS) is 27.6. The van der Waals surface area contributed by atoms with E-state index in [4.69, 9.17) is 0 Å². The molecule has 1 aliphatic carbocycles. The molecule has 0 aromatic heterocycles. The van der Waals surface area contributed by atoms with Gasteiger partial charge in [-0.05, 0) is 43.9 Å². The van der Waals surface area contributed by atoms with Crippen LogP contribution in [-0.2, 0) is 14.8 Å². The minimum Gasteiger partial charge on any atom is -0.342 e. The Balaban J connectivity index is 1.86. The molecular formula is C18H26N2O3S. The van der Waals surface area contributed by atoms with Crippen LogP contribution in [0.3, 0.4) is 0 Å². The third-order valence-corrected chi connectivity index (χ3v) is 7.59. The second-order valence-corrected chi connectivity index (χ2v) is 9.40. The second-order valence-electron chi connectivity index (χ2n) is 7.35. The SMILES string of the molecule is Cc1cccc(S(=O)(=O)N(C)C[C@@]23CCC[C@H]2N(C)C(=O)CC3)c1. The maximum Gasteiger partial charge on any atom is 0.242 e. The third kappa shape index (κ3) is 2.86. The van der Waals surface area contributed by atoms with Crippen molar-refractivity contribution >= 4 is 15.9 Å². The lowest BCUT2D eigenvalue weighted by atomic mass is 9.75. The number of carbonyl (C=O) groups is 1. The van der Waals surface area contributed by atoms with Crippen molar-refractivity contribution in [3.63, 3.8) is 0 Å². The first-order valence-electron chi connectivity index (χ1n) is 8.55. The Hall–Kier alpha value is -1.40. The first-order valence-corrected chi connectivity index (χ1v) is 9.99. The Morgan fingerprint density at radius 2 is 2.08 bits per heavy atom. The minimum atomic E-state index is -3.51. The van der Waals surface area contributed by atoms with Gasteiger partial charge >= 0.3 is 0 Å². The molecule has 24 heavy (non-hydrogen) atoms. The summed E-state index contributed by atoms with van der Waals surface area (Å²) in [5.74, 6) is 0.182. The number of sulfonamides is 1.